The lowest BCUT2D eigenvalue weighted by Crippen LogP contribution is -2.54. The number of hydrogen-bond donors (Lipinski definition) is 2. The lowest BCUT2D eigenvalue weighted by atomic mass is 9.92. The Labute approximate surface area is 108 Å². The largest absolute Gasteiger partial charge is 0.481 e. The quantitative estimate of drug-likeness (QED) is 0.728. The molecule has 1 fully saturated rings. The third-order valence-corrected chi connectivity index (χ3v) is 3.27. The van der Waals surface area contributed by atoms with Crippen LogP contribution >= 0.6 is 0 Å². The highest BCUT2D eigenvalue weighted by Gasteiger charge is 2.33. The van der Waals surface area contributed by atoms with Crippen molar-refractivity contribution < 1.29 is 14.7 Å². The first kappa shape index (κ1) is 14.4. The van der Waals surface area contributed by atoms with Gasteiger partial charge in [0.05, 0.1) is 11.5 Å². The van der Waals surface area contributed by atoms with E-state index in [1.54, 1.807) is 18.7 Å². The summed E-state index contributed by atoms with van der Waals surface area (Å²) in [4.78, 5) is 24.6. The average molecular weight is 252 g/mol. The minimum atomic E-state index is -0.786. The Bertz CT molecular complexity index is 384. The molecule has 1 rings (SSSR count). The number of hydrogen-bond acceptors (Lipinski definition) is 2. The highest BCUT2D eigenvalue weighted by molar-refractivity contribution is 5.77. The summed E-state index contributed by atoms with van der Waals surface area (Å²) in [5.41, 5.74) is -0.694. The Hall–Kier alpha value is -1.70. The molecule has 0 radical (unpaired) electrons. The van der Waals surface area contributed by atoms with Gasteiger partial charge in [-0.1, -0.05) is 5.92 Å². The molecule has 1 aliphatic heterocycles. The molecule has 1 saturated heterocycles. The van der Waals surface area contributed by atoms with Crippen LogP contribution in [0.25, 0.3) is 0 Å². The molecule has 2 unspecified atom stereocenters. The van der Waals surface area contributed by atoms with Crippen molar-refractivity contribution in [2.24, 2.45) is 5.92 Å². The van der Waals surface area contributed by atoms with E-state index in [4.69, 9.17) is 11.5 Å². The second kappa shape index (κ2) is 5.30. The third-order valence-electron chi connectivity index (χ3n) is 3.27. The van der Waals surface area contributed by atoms with Crippen molar-refractivity contribution in [3.05, 3.63) is 0 Å². The second-order valence-electron chi connectivity index (χ2n) is 5.30. The molecule has 2 N–H and O–H groups in total. The van der Waals surface area contributed by atoms with Gasteiger partial charge in [0.15, 0.2) is 0 Å². The molecule has 0 aromatic carbocycles. The van der Waals surface area contributed by atoms with Gasteiger partial charge in [0.2, 0.25) is 0 Å². The van der Waals surface area contributed by atoms with E-state index in [9.17, 15) is 9.59 Å². The van der Waals surface area contributed by atoms with Crippen molar-refractivity contribution in [1.82, 2.24) is 10.2 Å². The van der Waals surface area contributed by atoms with E-state index < -0.39 is 11.5 Å². The number of aliphatic carboxylic acids is 1. The third kappa shape index (κ3) is 3.39. The predicted molar refractivity (Wildman–Crippen MR) is 68.0 cm³/mol. The minimum Gasteiger partial charge on any atom is -0.481 e. The van der Waals surface area contributed by atoms with Crippen LogP contribution in [0.5, 0.6) is 0 Å². The number of piperidine rings is 1. The first-order chi connectivity index (χ1) is 8.26. The van der Waals surface area contributed by atoms with Crippen LogP contribution in [0.2, 0.25) is 0 Å². The number of terminal acetylenes is 1. The average Bonchev–Trinajstić information content (AvgIpc) is 2.28. The molecule has 18 heavy (non-hydrogen) atoms. The standard InChI is InChI=1S/C13H20N2O3/c1-5-13(3,4)14-12(18)15-7-6-10(11(16)17)8-9(15)2/h1,9-10H,6-8H2,2-4H3,(H,14,18)(H,16,17). The molecular formula is C13H20N2O3. The van der Waals surface area contributed by atoms with Crippen LogP contribution in [0.1, 0.15) is 33.6 Å². The molecule has 0 aromatic rings. The number of carbonyl (C=O) groups is 2. The summed E-state index contributed by atoms with van der Waals surface area (Å²) in [6.07, 6.45) is 6.29. The van der Waals surface area contributed by atoms with Gasteiger partial charge < -0.3 is 15.3 Å². The van der Waals surface area contributed by atoms with Crippen LogP contribution in [0.4, 0.5) is 4.79 Å². The van der Waals surface area contributed by atoms with Crippen molar-refractivity contribution in [1.29, 1.82) is 0 Å². The number of amides is 2. The van der Waals surface area contributed by atoms with Gasteiger partial charge in [-0.2, -0.15) is 0 Å². The van der Waals surface area contributed by atoms with Gasteiger partial charge in [-0.15, -0.1) is 6.42 Å². The lowest BCUT2D eigenvalue weighted by molar-refractivity contribution is -0.143. The number of carbonyl (C=O) groups excluding carboxylic acids is 1. The van der Waals surface area contributed by atoms with Gasteiger partial charge in [0.25, 0.3) is 0 Å². The molecule has 0 spiro atoms. The topological polar surface area (TPSA) is 69.6 Å². The van der Waals surface area contributed by atoms with Gasteiger partial charge in [-0.25, -0.2) is 4.79 Å². The Kier molecular flexibility index (Phi) is 4.23. The Morgan fingerprint density at radius 2 is 2.11 bits per heavy atom. The molecule has 0 aliphatic carbocycles. The molecule has 1 heterocycles. The van der Waals surface area contributed by atoms with Crippen molar-refractivity contribution in [3.63, 3.8) is 0 Å². The summed E-state index contributed by atoms with van der Waals surface area (Å²) in [6.45, 7) is 5.81. The molecule has 0 aromatic heterocycles. The molecular weight excluding hydrogens is 232 g/mol. The Balaban J connectivity index is 2.62. The van der Waals surface area contributed by atoms with Crippen LogP contribution < -0.4 is 5.32 Å². The smallest absolute Gasteiger partial charge is 0.318 e. The number of likely N-dealkylation sites (tertiary alicyclic amines) is 1. The van der Waals surface area contributed by atoms with E-state index in [2.05, 4.69) is 11.2 Å². The van der Waals surface area contributed by atoms with Crippen molar-refractivity contribution in [3.8, 4) is 12.3 Å². The lowest BCUT2D eigenvalue weighted by Gasteiger charge is -2.37. The summed E-state index contributed by atoms with van der Waals surface area (Å²) in [5, 5.41) is 11.7. The number of rotatable bonds is 2. The fraction of sp³-hybridized carbons (Fsp3) is 0.692. The van der Waals surface area contributed by atoms with E-state index in [0.29, 0.717) is 19.4 Å². The van der Waals surface area contributed by atoms with Gasteiger partial charge in [0.1, 0.15) is 0 Å². The SMILES string of the molecule is C#CC(C)(C)NC(=O)N1CCC(C(=O)O)CC1C. The maximum atomic E-state index is 12.0. The van der Waals surface area contributed by atoms with Crippen LogP contribution in [-0.2, 0) is 4.79 Å². The van der Waals surface area contributed by atoms with Crippen molar-refractivity contribution in [2.45, 2.75) is 45.2 Å². The normalized spacial score (nSPS) is 24.2. The predicted octanol–water partition coefficient (Wildman–Crippen LogP) is 1.29. The molecule has 0 saturated carbocycles. The molecule has 2 amide bonds. The fourth-order valence-electron chi connectivity index (χ4n) is 2.07. The zero-order chi connectivity index (χ0) is 13.9. The van der Waals surface area contributed by atoms with Crippen molar-refractivity contribution in [2.75, 3.05) is 6.54 Å². The van der Waals surface area contributed by atoms with Crippen LogP contribution in [-0.4, -0.2) is 40.1 Å². The number of nitrogens with zero attached hydrogens (tertiary/aromatic N) is 1. The number of carboxylic acids is 1. The number of carboxylic acid groups (broad SMARTS) is 1. The molecule has 100 valence electrons. The van der Waals surface area contributed by atoms with Crippen molar-refractivity contribution >= 4 is 12.0 Å². The van der Waals surface area contributed by atoms with Gasteiger partial charge in [0, 0.05) is 12.6 Å². The highest BCUT2D eigenvalue weighted by atomic mass is 16.4. The van der Waals surface area contributed by atoms with Gasteiger partial charge in [-0.3, -0.25) is 4.79 Å². The van der Waals surface area contributed by atoms with Crippen LogP contribution in [0.3, 0.4) is 0 Å². The highest BCUT2D eigenvalue weighted by Crippen LogP contribution is 2.23. The number of nitrogens with one attached hydrogen (secondary N) is 1. The molecule has 5 nitrogen and oxygen atoms in total. The van der Waals surface area contributed by atoms with Gasteiger partial charge in [-0.05, 0) is 33.6 Å². The van der Waals surface area contributed by atoms with Crippen LogP contribution in [0, 0.1) is 18.3 Å². The fourth-order valence-corrected chi connectivity index (χ4v) is 2.07. The van der Waals surface area contributed by atoms with Crippen LogP contribution in [0.15, 0.2) is 0 Å². The zero-order valence-corrected chi connectivity index (χ0v) is 11.1. The van der Waals surface area contributed by atoms with E-state index >= 15 is 0 Å². The minimum absolute atomic E-state index is 0.0894. The first-order valence-corrected chi connectivity index (χ1v) is 6.06. The summed E-state index contributed by atoms with van der Waals surface area (Å²) in [5.74, 6) is 1.36. The summed E-state index contributed by atoms with van der Waals surface area (Å²) < 4.78 is 0. The second-order valence-corrected chi connectivity index (χ2v) is 5.30. The summed E-state index contributed by atoms with van der Waals surface area (Å²) in [7, 11) is 0. The summed E-state index contributed by atoms with van der Waals surface area (Å²) >= 11 is 0. The monoisotopic (exact) mass is 252 g/mol. The van der Waals surface area contributed by atoms with E-state index in [0.717, 1.165) is 0 Å². The maximum Gasteiger partial charge on any atom is 0.318 e. The molecule has 5 heteroatoms. The van der Waals surface area contributed by atoms with E-state index in [1.165, 1.54) is 0 Å². The van der Waals surface area contributed by atoms with Gasteiger partial charge >= 0.3 is 12.0 Å². The Morgan fingerprint density at radius 3 is 2.56 bits per heavy atom. The molecule has 0 bridgehead atoms. The maximum absolute atomic E-state index is 12.0. The Morgan fingerprint density at radius 1 is 1.50 bits per heavy atom. The van der Waals surface area contributed by atoms with E-state index in [-0.39, 0.29) is 18.0 Å². The molecule has 2 atom stereocenters. The number of urea groups is 1. The summed E-state index contributed by atoms with van der Waals surface area (Å²) in [6, 6.07) is -0.317. The molecule has 1 aliphatic rings. The zero-order valence-electron chi connectivity index (χ0n) is 11.1. The first-order valence-electron chi connectivity index (χ1n) is 6.06. The van der Waals surface area contributed by atoms with E-state index in [1.807, 2.05) is 6.92 Å².